The molecule has 0 aliphatic rings. The van der Waals surface area contributed by atoms with E-state index in [1.807, 2.05) is 12.1 Å². The van der Waals surface area contributed by atoms with E-state index in [0.29, 0.717) is 32.4 Å². The molecule has 6 nitrogen and oxygen atoms in total. The van der Waals surface area contributed by atoms with Crippen LogP contribution in [0, 0.1) is 19.5 Å². The zero-order valence-electron chi connectivity index (χ0n) is 15.7. The van der Waals surface area contributed by atoms with Crippen LogP contribution in [0.5, 0.6) is 0 Å². The summed E-state index contributed by atoms with van der Waals surface area (Å²) in [6.45, 7) is 0. The van der Waals surface area contributed by atoms with Crippen molar-refractivity contribution in [3.8, 4) is 21.7 Å². The number of benzene rings is 3. The smallest absolute Gasteiger partial charge is 0.269 e. The molecule has 0 aliphatic carbocycles. The number of nitro groups is 1. The lowest BCUT2D eigenvalue weighted by Gasteiger charge is -2.03. The van der Waals surface area contributed by atoms with Crippen molar-refractivity contribution in [2.75, 3.05) is 5.32 Å². The maximum atomic E-state index is 13.4. The van der Waals surface area contributed by atoms with Gasteiger partial charge in [-0.15, -0.1) is 0 Å². The van der Waals surface area contributed by atoms with Crippen molar-refractivity contribution < 1.29 is 14.1 Å². The van der Waals surface area contributed by atoms with Crippen molar-refractivity contribution in [1.82, 2.24) is 4.98 Å². The Labute approximate surface area is 194 Å². The molecule has 0 saturated carbocycles. The van der Waals surface area contributed by atoms with E-state index in [-0.39, 0.29) is 17.4 Å². The van der Waals surface area contributed by atoms with Gasteiger partial charge < -0.3 is 0 Å². The summed E-state index contributed by atoms with van der Waals surface area (Å²) in [4.78, 5) is 28.5. The van der Waals surface area contributed by atoms with Crippen LogP contribution >= 0.6 is 33.9 Å². The second-order valence-corrected chi connectivity index (χ2v) is 8.60. The molecule has 9 heteroatoms. The highest BCUT2D eigenvalue weighted by Crippen LogP contribution is 2.39. The fraction of sp³-hybridized carbons (Fsp3) is 0. The summed E-state index contributed by atoms with van der Waals surface area (Å²) < 4.78 is 14.2. The number of hydrogen-bond donors (Lipinski definition) is 1. The number of amides is 1. The van der Waals surface area contributed by atoms with Crippen molar-refractivity contribution in [3.63, 3.8) is 0 Å². The molecule has 0 atom stereocenters. The number of halogens is 2. The summed E-state index contributed by atoms with van der Waals surface area (Å²) >= 11 is 3.34. The first-order chi connectivity index (χ1) is 14.9. The molecular formula is C22H13FIN3O3S. The summed E-state index contributed by atoms with van der Waals surface area (Å²) in [6, 6.07) is 19.1. The van der Waals surface area contributed by atoms with Crippen LogP contribution in [0.25, 0.3) is 21.7 Å². The minimum Gasteiger partial charge on any atom is -0.298 e. The van der Waals surface area contributed by atoms with Crippen LogP contribution in [0.15, 0.2) is 72.8 Å². The highest BCUT2D eigenvalue weighted by atomic mass is 127. The van der Waals surface area contributed by atoms with Crippen LogP contribution in [0.3, 0.4) is 0 Å². The molecule has 3 aromatic carbocycles. The number of anilines is 1. The first kappa shape index (κ1) is 21.1. The maximum absolute atomic E-state index is 13.4. The summed E-state index contributed by atoms with van der Waals surface area (Å²) in [6.07, 6.45) is 0. The Kier molecular flexibility index (Phi) is 6.05. The summed E-state index contributed by atoms with van der Waals surface area (Å²) in [5, 5.41) is 14.2. The van der Waals surface area contributed by atoms with Crippen LogP contribution in [-0.4, -0.2) is 15.8 Å². The van der Waals surface area contributed by atoms with E-state index in [4.69, 9.17) is 0 Å². The van der Waals surface area contributed by atoms with E-state index in [1.54, 1.807) is 36.4 Å². The molecular weight excluding hydrogens is 532 g/mol. The molecule has 0 saturated heterocycles. The van der Waals surface area contributed by atoms with Crippen LogP contribution in [0.2, 0.25) is 0 Å². The fourth-order valence-corrected chi connectivity index (χ4v) is 4.54. The van der Waals surface area contributed by atoms with Gasteiger partial charge in [-0.3, -0.25) is 20.2 Å². The highest BCUT2D eigenvalue weighted by molar-refractivity contribution is 14.1. The molecule has 0 spiro atoms. The third kappa shape index (κ3) is 4.62. The Bertz CT molecular complexity index is 1270. The number of aromatic nitrogens is 1. The highest BCUT2D eigenvalue weighted by Gasteiger charge is 2.19. The minimum absolute atomic E-state index is 0.0243. The molecule has 0 fully saturated rings. The van der Waals surface area contributed by atoms with E-state index < -0.39 is 4.92 Å². The second-order valence-electron chi connectivity index (χ2n) is 6.44. The standard InChI is InChI=1S/C22H13FIN3O3S/c23-15-9-5-13(6-10-15)19-20(14-7-11-16(12-8-14)27(29)30)31-22(25-19)26-21(28)17-3-1-2-4-18(17)24/h1-12H,(H,25,26,28). The lowest BCUT2D eigenvalue weighted by molar-refractivity contribution is -0.384. The molecule has 1 aromatic heterocycles. The molecule has 0 bridgehead atoms. The van der Waals surface area contributed by atoms with Crippen molar-refractivity contribution in [2.24, 2.45) is 0 Å². The van der Waals surface area contributed by atoms with Gasteiger partial charge in [-0.05, 0) is 76.7 Å². The van der Waals surface area contributed by atoms with Gasteiger partial charge in [-0.2, -0.15) is 0 Å². The summed E-state index contributed by atoms with van der Waals surface area (Å²) in [5.41, 5.74) is 2.43. The average molecular weight is 545 g/mol. The fourth-order valence-electron chi connectivity index (χ4n) is 2.92. The van der Waals surface area contributed by atoms with Gasteiger partial charge in [0.05, 0.1) is 21.1 Å². The Morgan fingerprint density at radius 3 is 2.29 bits per heavy atom. The molecule has 0 radical (unpaired) electrons. The van der Waals surface area contributed by atoms with Gasteiger partial charge in [0.15, 0.2) is 5.13 Å². The molecule has 0 aliphatic heterocycles. The van der Waals surface area contributed by atoms with Crippen LogP contribution in [-0.2, 0) is 0 Å². The summed E-state index contributed by atoms with van der Waals surface area (Å²) in [5.74, 6) is -0.664. The van der Waals surface area contributed by atoms with E-state index in [1.165, 1.54) is 35.6 Å². The van der Waals surface area contributed by atoms with Crippen molar-refractivity contribution >= 4 is 50.7 Å². The number of nitro benzene ring substituents is 1. The van der Waals surface area contributed by atoms with Crippen LogP contribution < -0.4 is 5.32 Å². The quantitative estimate of drug-likeness (QED) is 0.179. The third-order valence-corrected chi connectivity index (χ3v) is 6.38. The van der Waals surface area contributed by atoms with Gasteiger partial charge in [-0.25, -0.2) is 9.37 Å². The second kappa shape index (κ2) is 8.90. The number of carbonyl (C=O) groups is 1. The summed E-state index contributed by atoms with van der Waals surface area (Å²) in [7, 11) is 0. The van der Waals surface area contributed by atoms with Gasteiger partial charge in [0.25, 0.3) is 11.6 Å². The molecule has 31 heavy (non-hydrogen) atoms. The molecule has 0 unspecified atom stereocenters. The third-order valence-electron chi connectivity index (χ3n) is 4.42. The number of thiazole rings is 1. The van der Waals surface area contributed by atoms with Gasteiger partial charge in [0.2, 0.25) is 0 Å². The van der Waals surface area contributed by atoms with Crippen molar-refractivity contribution in [2.45, 2.75) is 0 Å². The van der Waals surface area contributed by atoms with Crippen molar-refractivity contribution in [3.05, 3.63) is 97.9 Å². The van der Waals surface area contributed by atoms with E-state index in [0.717, 1.165) is 3.57 Å². The van der Waals surface area contributed by atoms with E-state index >= 15 is 0 Å². The zero-order valence-corrected chi connectivity index (χ0v) is 18.7. The van der Waals surface area contributed by atoms with Crippen molar-refractivity contribution in [1.29, 1.82) is 0 Å². The topological polar surface area (TPSA) is 85.1 Å². The Morgan fingerprint density at radius 2 is 1.65 bits per heavy atom. The SMILES string of the molecule is O=C(Nc1nc(-c2ccc(F)cc2)c(-c2ccc([N+](=O)[O-])cc2)s1)c1ccccc1I. The minimum atomic E-state index is -0.468. The first-order valence-electron chi connectivity index (χ1n) is 9.00. The molecule has 4 rings (SSSR count). The number of nitrogens with one attached hydrogen (secondary N) is 1. The Hall–Kier alpha value is -3.18. The molecule has 4 aromatic rings. The molecule has 1 heterocycles. The number of rotatable bonds is 5. The molecule has 1 amide bonds. The maximum Gasteiger partial charge on any atom is 0.269 e. The van der Waals surface area contributed by atoms with Gasteiger partial charge in [0.1, 0.15) is 5.82 Å². The average Bonchev–Trinajstić information content (AvgIpc) is 3.18. The van der Waals surface area contributed by atoms with Gasteiger partial charge in [-0.1, -0.05) is 23.5 Å². The number of nitrogens with zero attached hydrogens (tertiary/aromatic N) is 2. The number of non-ortho nitro benzene ring substituents is 1. The van der Waals surface area contributed by atoms with Gasteiger partial charge >= 0.3 is 0 Å². The van der Waals surface area contributed by atoms with E-state index in [2.05, 4.69) is 32.9 Å². The van der Waals surface area contributed by atoms with E-state index in [9.17, 15) is 19.3 Å². The molecule has 1 N–H and O–H groups in total. The predicted molar refractivity (Wildman–Crippen MR) is 127 cm³/mol. The van der Waals surface area contributed by atoms with Crippen LogP contribution in [0.4, 0.5) is 15.2 Å². The van der Waals surface area contributed by atoms with Gasteiger partial charge in [0, 0.05) is 21.3 Å². The largest absolute Gasteiger partial charge is 0.298 e. The Morgan fingerprint density at radius 1 is 1.00 bits per heavy atom. The number of carbonyl (C=O) groups excluding carboxylic acids is 1. The lowest BCUT2D eigenvalue weighted by Crippen LogP contribution is -2.13. The monoisotopic (exact) mass is 545 g/mol. The molecule has 154 valence electrons. The normalized spacial score (nSPS) is 10.6. The van der Waals surface area contributed by atoms with Crippen LogP contribution in [0.1, 0.15) is 10.4 Å². The predicted octanol–water partition coefficient (Wildman–Crippen LogP) is 6.38. The lowest BCUT2D eigenvalue weighted by atomic mass is 10.1. The zero-order chi connectivity index (χ0) is 22.0. The Balaban J connectivity index is 1.75. The first-order valence-corrected chi connectivity index (χ1v) is 10.9. The number of hydrogen-bond acceptors (Lipinski definition) is 5.